The number of rotatable bonds is 6. The predicted octanol–water partition coefficient (Wildman–Crippen LogP) is 3.05. The number of carbonyl (C=O) groups excluding carboxylic acids is 2. The molecule has 1 N–H and O–H groups in total. The van der Waals surface area contributed by atoms with Crippen LogP contribution in [0.5, 0.6) is 0 Å². The number of hydrogen-bond acceptors (Lipinski definition) is 4. The molecule has 10 heteroatoms. The van der Waals surface area contributed by atoms with E-state index in [4.69, 9.17) is 0 Å². The van der Waals surface area contributed by atoms with Gasteiger partial charge in [-0.2, -0.15) is 18.3 Å². The molecule has 1 aliphatic carbocycles. The van der Waals surface area contributed by atoms with E-state index in [0.29, 0.717) is 49.7 Å². The Morgan fingerprint density at radius 3 is 2.64 bits per heavy atom. The lowest BCUT2D eigenvalue weighted by Crippen LogP contribution is -2.40. The highest BCUT2D eigenvalue weighted by molar-refractivity contribution is 5.95. The van der Waals surface area contributed by atoms with Crippen molar-refractivity contribution < 1.29 is 22.8 Å². The van der Waals surface area contributed by atoms with Crippen LogP contribution in [0.3, 0.4) is 0 Å². The topological polar surface area (TPSA) is 70.5 Å². The number of halogens is 3. The van der Waals surface area contributed by atoms with Crippen LogP contribution in [0.4, 0.5) is 13.2 Å². The molecule has 4 rings (SSSR count). The van der Waals surface area contributed by atoms with Gasteiger partial charge in [0.1, 0.15) is 0 Å². The molecule has 1 saturated carbocycles. The fourth-order valence-corrected chi connectivity index (χ4v) is 4.25. The van der Waals surface area contributed by atoms with E-state index in [2.05, 4.69) is 10.4 Å². The molecule has 33 heavy (non-hydrogen) atoms. The molecular weight excluding hydrogens is 435 g/mol. The summed E-state index contributed by atoms with van der Waals surface area (Å²) in [6.45, 7) is 5.11. The van der Waals surface area contributed by atoms with Crippen LogP contribution in [0.25, 0.3) is 5.69 Å². The molecule has 2 heterocycles. The smallest absolute Gasteiger partial charge is 0.355 e. The lowest BCUT2D eigenvalue weighted by Gasteiger charge is -2.22. The number of nitrogens with one attached hydrogen (secondary N) is 1. The quantitative estimate of drug-likeness (QED) is 0.715. The number of nitrogens with zero attached hydrogens (tertiary/aromatic N) is 4. The minimum Gasteiger partial charge on any atom is -0.355 e. The van der Waals surface area contributed by atoms with E-state index >= 15 is 0 Å². The predicted molar refractivity (Wildman–Crippen MR) is 116 cm³/mol. The van der Waals surface area contributed by atoms with E-state index in [-0.39, 0.29) is 17.7 Å². The highest BCUT2D eigenvalue weighted by Gasteiger charge is 2.36. The normalized spacial score (nSPS) is 17.6. The minimum absolute atomic E-state index is 0.0318. The summed E-state index contributed by atoms with van der Waals surface area (Å²) < 4.78 is 41.1. The van der Waals surface area contributed by atoms with Crippen molar-refractivity contribution in [1.29, 1.82) is 0 Å². The molecule has 178 valence electrons. The van der Waals surface area contributed by atoms with Gasteiger partial charge in [0.2, 0.25) is 5.91 Å². The Kier molecular flexibility index (Phi) is 6.73. The maximum atomic E-state index is 13.4. The number of likely N-dealkylation sites (N-methyl/N-ethyl adjacent to an activating group) is 1. The van der Waals surface area contributed by atoms with Gasteiger partial charge in [-0.25, -0.2) is 4.68 Å². The van der Waals surface area contributed by atoms with Crippen molar-refractivity contribution in [3.05, 3.63) is 47.3 Å². The Morgan fingerprint density at radius 1 is 1.15 bits per heavy atom. The van der Waals surface area contributed by atoms with E-state index in [1.807, 2.05) is 11.8 Å². The molecule has 1 saturated heterocycles. The van der Waals surface area contributed by atoms with Crippen LogP contribution in [0.2, 0.25) is 0 Å². The van der Waals surface area contributed by atoms with Crippen LogP contribution in [-0.4, -0.2) is 70.7 Å². The standard InChI is InChI=1S/C23H28F3N5O2/c1-2-27-20(32)15-29-9-4-10-30(12-11-29)22(33)19-14-28-31(21(19)16-7-8-16)18-6-3-5-17(13-18)23(24,25)26/h3,5-6,13-14,16H,2,4,7-12,15H2,1H3,(H,27,32). The zero-order valence-corrected chi connectivity index (χ0v) is 18.6. The number of hydrogen-bond donors (Lipinski definition) is 1. The number of benzene rings is 1. The van der Waals surface area contributed by atoms with Gasteiger partial charge >= 0.3 is 6.18 Å². The zero-order chi connectivity index (χ0) is 23.6. The highest BCUT2D eigenvalue weighted by Crippen LogP contribution is 2.43. The number of alkyl halides is 3. The molecule has 7 nitrogen and oxygen atoms in total. The fraction of sp³-hybridized carbons (Fsp3) is 0.522. The SMILES string of the molecule is CCNC(=O)CN1CCCN(C(=O)c2cnn(-c3cccc(C(F)(F)F)c3)c2C2CC2)CC1. The summed E-state index contributed by atoms with van der Waals surface area (Å²) in [6.07, 6.45) is -0.469. The van der Waals surface area contributed by atoms with Crippen molar-refractivity contribution in [2.24, 2.45) is 0 Å². The average molecular weight is 464 g/mol. The van der Waals surface area contributed by atoms with Gasteiger partial charge in [0.15, 0.2) is 0 Å². The zero-order valence-electron chi connectivity index (χ0n) is 18.6. The third-order valence-corrected chi connectivity index (χ3v) is 6.04. The maximum Gasteiger partial charge on any atom is 0.416 e. The molecule has 0 radical (unpaired) electrons. The summed E-state index contributed by atoms with van der Waals surface area (Å²) in [4.78, 5) is 29.1. The third kappa shape index (κ3) is 5.38. The second kappa shape index (κ2) is 9.54. The number of aromatic nitrogens is 2. The molecule has 2 fully saturated rings. The van der Waals surface area contributed by atoms with Crippen LogP contribution in [0, 0.1) is 0 Å². The third-order valence-electron chi connectivity index (χ3n) is 6.04. The number of amides is 2. The fourth-order valence-electron chi connectivity index (χ4n) is 4.25. The van der Waals surface area contributed by atoms with Crippen molar-refractivity contribution in [3.63, 3.8) is 0 Å². The van der Waals surface area contributed by atoms with Crippen molar-refractivity contribution in [2.45, 2.75) is 38.3 Å². The first-order valence-electron chi connectivity index (χ1n) is 11.3. The van der Waals surface area contributed by atoms with Crippen molar-refractivity contribution in [3.8, 4) is 5.69 Å². The highest BCUT2D eigenvalue weighted by atomic mass is 19.4. The first-order valence-corrected chi connectivity index (χ1v) is 11.3. The first-order chi connectivity index (χ1) is 15.8. The summed E-state index contributed by atoms with van der Waals surface area (Å²) in [5.74, 6) is -0.0761. The Labute approximate surface area is 190 Å². The summed E-state index contributed by atoms with van der Waals surface area (Å²) in [5.41, 5.74) is 0.689. The van der Waals surface area contributed by atoms with Crippen LogP contribution < -0.4 is 5.32 Å². The van der Waals surface area contributed by atoms with Crippen LogP contribution in [0.15, 0.2) is 30.5 Å². The molecule has 2 aliphatic rings. The van der Waals surface area contributed by atoms with Gasteiger partial charge in [-0.05, 0) is 44.4 Å². The molecule has 2 aromatic rings. The second-order valence-electron chi connectivity index (χ2n) is 8.55. The Morgan fingerprint density at radius 2 is 1.94 bits per heavy atom. The molecule has 0 spiro atoms. The van der Waals surface area contributed by atoms with Crippen LogP contribution >= 0.6 is 0 Å². The minimum atomic E-state index is -4.45. The largest absolute Gasteiger partial charge is 0.416 e. The van der Waals surface area contributed by atoms with Crippen molar-refractivity contribution in [2.75, 3.05) is 39.3 Å². The number of carbonyl (C=O) groups is 2. The molecule has 1 aromatic heterocycles. The van der Waals surface area contributed by atoms with E-state index in [1.54, 1.807) is 11.0 Å². The Hall–Kier alpha value is -2.88. The average Bonchev–Trinajstić information content (AvgIpc) is 3.56. The van der Waals surface area contributed by atoms with E-state index < -0.39 is 11.7 Å². The van der Waals surface area contributed by atoms with Gasteiger partial charge in [0.25, 0.3) is 5.91 Å². The van der Waals surface area contributed by atoms with E-state index in [1.165, 1.54) is 16.9 Å². The summed E-state index contributed by atoms with van der Waals surface area (Å²) in [6, 6.07) is 5.03. The molecule has 1 aliphatic heterocycles. The van der Waals surface area contributed by atoms with Gasteiger partial charge in [-0.3, -0.25) is 14.5 Å². The van der Waals surface area contributed by atoms with E-state index in [0.717, 1.165) is 37.9 Å². The molecule has 2 amide bonds. The molecular formula is C23H28F3N5O2. The van der Waals surface area contributed by atoms with Crippen LogP contribution in [-0.2, 0) is 11.0 Å². The second-order valence-corrected chi connectivity index (χ2v) is 8.55. The molecule has 0 bridgehead atoms. The van der Waals surface area contributed by atoms with Gasteiger partial charge in [-0.1, -0.05) is 6.07 Å². The van der Waals surface area contributed by atoms with Crippen LogP contribution in [0.1, 0.15) is 53.7 Å². The van der Waals surface area contributed by atoms with Gasteiger partial charge in [-0.15, -0.1) is 0 Å². The summed E-state index contributed by atoms with van der Waals surface area (Å²) in [7, 11) is 0. The monoisotopic (exact) mass is 463 g/mol. The molecule has 0 atom stereocenters. The Balaban J connectivity index is 1.54. The lowest BCUT2D eigenvalue weighted by molar-refractivity contribution is -0.137. The van der Waals surface area contributed by atoms with Crippen molar-refractivity contribution in [1.82, 2.24) is 24.9 Å². The molecule has 0 unspecified atom stereocenters. The van der Waals surface area contributed by atoms with Gasteiger partial charge in [0.05, 0.1) is 35.2 Å². The van der Waals surface area contributed by atoms with Crippen molar-refractivity contribution >= 4 is 11.8 Å². The maximum absolute atomic E-state index is 13.4. The lowest BCUT2D eigenvalue weighted by atomic mass is 10.1. The Bertz CT molecular complexity index is 1020. The van der Waals surface area contributed by atoms with Gasteiger partial charge < -0.3 is 10.2 Å². The summed E-state index contributed by atoms with van der Waals surface area (Å²) in [5, 5.41) is 7.11. The van der Waals surface area contributed by atoms with E-state index in [9.17, 15) is 22.8 Å². The summed E-state index contributed by atoms with van der Waals surface area (Å²) >= 11 is 0. The molecule has 1 aromatic carbocycles. The first kappa shape index (κ1) is 23.3. The van der Waals surface area contributed by atoms with Gasteiger partial charge in [0, 0.05) is 38.6 Å².